The first-order chi connectivity index (χ1) is 9.19. The number of hydrogen-bond donors (Lipinski definition) is 1. The molecule has 2 fully saturated rings. The normalized spacial score (nSPS) is 23.8. The minimum absolute atomic E-state index is 0.405. The Morgan fingerprint density at radius 1 is 1.26 bits per heavy atom. The van der Waals surface area contributed by atoms with Crippen LogP contribution < -0.4 is 5.32 Å². The number of nitrogens with one attached hydrogen (secondary N) is 1. The van der Waals surface area contributed by atoms with Gasteiger partial charge in [-0.3, -0.25) is 4.79 Å². The van der Waals surface area contributed by atoms with E-state index in [2.05, 4.69) is 24.1 Å². The van der Waals surface area contributed by atoms with Crippen molar-refractivity contribution in [2.75, 3.05) is 26.2 Å². The van der Waals surface area contributed by atoms with E-state index in [0.717, 1.165) is 44.9 Å². The first-order valence-corrected chi connectivity index (χ1v) is 8.17. The zero-order chi connectivity index (χ0) is 13.7. The quantitative estimate of drug-likeness (QED) is 0.830. The van der Waals surface area contributed by atoms with Gasteiger partial charge >= 0.3 is 0 Å². The summed E-state index contributed by atoms with van der Waals surface area (Å²) in [5.41, 5.74) is 0.421. The molecule has 0 atom stereocenters. The zero-order valence-electron chi connectivity index (χ0n) is 12.7. The van der Waals surface area contributed by atoms with Crippen LogP contribution in [0.15, 0.2) is 0 Å². The molecule has 3 heteroatoms. The molecule has 0 spiro atoms. The van der Waals surface area contributed by atoms with Crippen LogP contribution in [0.5, 0.6) is 0 Å². The fraction of sp³-hybridized carbons (Fsp3) is 0.938. The summed E-state index contributed by atoms with van der Waals surface area (Å²) in [6, 6.07) is 0. The zero-order valence-corrected chi connectivity index (χ0v) is 12.7. The van der Waals surface area contributed by atoms with Gasteiger partial charge in [0.15, 0.2) is 0 Å². The van der Waals surface area contributed by atoms with Crippen molar-refractivity contribution in [3.63, 3.8) is 0 Å². The fourth-order valence-corrected chi connectivity index (χ4v) is 3.63. The Bertz CT molecular complexity index is 293. The van der Waals surface area contributed by atoms with Crippen LogP contribution in [0.4, 0.5) is 0 Å². The van der Waals surface area contributed by atoms with Crippen molar-refractivity contribution in [3.05, 3.63) is 0 Å². The Kier molecular flexibility index (Phi) is 5.26. The second kappa shape index (κ2) is 6.74. The maximum absolute atomic E-state index is 12.3. The van der Waals surface area contributed by atoms with Gasteiger partial charge in [-0.2, -0.15) is 0 Å². The third-order valence-electron chi connectivity index (χ3n) is 5.52. The molecule has 0 aromatic heterocycles. The minimum Gasteiger partial charge on any atom is -0.342 e. The van der Waals surface area contributed by atoms with Gasteiger partial charge in [-0.1, -0.05) is 13.8 Å². The summed E-state index contributed by atoms with van der Waals surface area (Å²) in [6.07, 6.45) is 8.00. The molecular formula is C16H30N2O. The summed E-state index contributed by atoms with van der Waals surface area (Å²) >= 11 is 0. The molecule has 0 aromatic carbocycles. The highest BCUT2D eigenvalue weighted by atomic mass is 16.2. The standard InChI is InChI=1S/C16H30N2O/c1-3-16(4-2)9-12-18(13-16)15(19)6-5-14-7-10-17-11-8-14/h14,17H,3-13H2,1-2H3. The SMILES string of the molecule is CCC1(CC)CCN(C(=O)CCC2CCNCC2)C1. The first-order valence-electron chi connectivity index (χ1n) is 8.17. The van der Waals surface area contributed by atoms with Crippen LogP contribution in [0.1, 0.15) is 58.8 Å². The van der Waals surface area contributed by atoms with E-state index in [4.69, 9.17) is 0 Å². The van der Waals surface area contributed by atoms with Gasteiger partial charge in [0.05, 0.1) is 0 Å². The van der Waals surface area contributed by atoms with Crippen LogP contribution in [0, 0.1) is 11.3 Å². The Morgan fingerprint density at radius 2 is 1.95 bits per heavy atom. The van der Waals surface area contributed by atoms with E-state index >= 15 is 0 Å². The van der Waals surface area contributed by atoms with Crippen LogP contribution in [0.25, 0.3) is 0 Å². The average Bonchev–Trinajstić information content (AvgIpc) is 2.91. The maximum atomic E-state index is 12.3. The van der Waals surface area contributed by atoms with E-state index in [9.17, 15) is 4.79 Å². The van der Waals surface area contributed by atoms with Crippen LogP contribution in [-0.4, -0.2) is 37.0 Å². The summed E-state index contributed by atoms with van der Waals surface area (Å²) in [6.45, 7) is 8.81. The molecule has 2 saturated heterocycles. The Hall–Kier alpha value is -0.570. The highest BCUT2D eigenvalue weighted by Crippen LogP contribution is 2.37. The molecule has 1 N–H and O–H groups in total. The van der Waals surface area contributed by atoms with E-state index in [-0.39, 0.29) is 0 Å². The molecule has 1 amide bonds. The number of hydrogen-bond acceptors (Lipinski definition) is 2. The topological polar surface area (TPSA) is 32.3 Å². The Labute approximate surface area is 118 Å². The molecule has 110 valence electrons. The third kappa shape index (κ3) is 3.71. The summed E-state index contributed by atoms with van der Waals surface area (Å²) in [5, 5.41) is 3.39. The van der Waals surface area contributed by atoms with Crippen LogP contribution in [0.3, 0.4) is 0 Å². The van der Waals surface area contributed by atoms with Gasteiger partial charge in [-0.05, 0) is 62.9 Å². The minimum atomic E-state index is 0.405. The summed E-state index contributed by atoms with van der Waals surface area (Å²) in [7, 11) is 0. The van der Waals surface area contributed by atoms with Crippen molar-refractivity contribution in [3.8, 4) is 0 Å². The number of nitrogens with zero attached hydrogens (tertiary/aromatic N) is 1. The van der Waals surface area contributed by atoms with E-state index in [1.165, 1.54) is 32.1 Å². The molecule has 19 heavy (non-hydrogen) atoms. The monoisotopic (exact) mass is 266 g/mol. The smallest absolute Gasteiger partial charge is 0.222 e. The van der Waals surface area contributed by atoms with Gasteiger partial charge in [0.25, 0.3) is 0 Å². The van der Waals surface area contributed by atoms with Gasteiger partial charge in [0.2, 0.25) is 5.91 Å². The van der Waals surface area contributed by atoms with E-state index in [1.54, 1.807) is 0 Å². The van der Waals surface area contributed by atoms with Crippen molar-refractivity contribution >= 4 is 5.91 Å². The molecule has 0 radical (unpaired) electrons. The van der Waals surface area contributed by atoms with Gasteiger partial charge in [-0.25, -0.2) is 0 Å². The predicted octanol–water partition coefficient (Wildman–Crippen LogP) is 2.80. The van der Waals surface area contributed by atoms with Crippen molar-refractivity contribution in [1.82, 2.24) is 10.2 Å². The van der Waals surface area contributed by atoms with E-state index in [1.807, 2.05) is 0 Å². The Balaban J connectivity index is 1.74. The lowest BCUT2D eigenvalue weighted by Gasteiger charge is -2.27. The number of piperidine rings is 1. The fourth-order valence-electron chi connectivity index (χ4n) is 3.63. The molecule has 2 aliphatic heterocycles. The van der Waals surface area contributed by atoms with Crippen molar-refractivity contribution in [2.24, 2.45) is 11.3 Å². The first kappa shape index (κ1) is 14.8. The van der Waals surface area contributed by atoms with Gasteiger partial charge < -0.3 is 10.2 Å². The molecule has 0 aliphatic carbocycles. The lowest BCUT2D eigenvalue weighted by atomic mass is 9.82. The summed E-state index contributed by atoms with van der Waals surface area (Å²) in [5.74, 6) is 1.18. The molecule has 0 unspecified atom stereocenters. The molecule has 0 aromatic rings. The van der Waals surface area contributed by atoms with Gasteiger partial charge in [-0.15, -0.1) is 0 Å². The summed E-state index contributed by atoms with van der Waals surface area (Å²) < 4.78 is 0. The van der Waals surface area contributed by atoms with Gasteiger partial charge in [0.1, 0.15) is 0 Å². The average molecular weight is 266 g/mol. The number of carbonyl (C=O) groups is 1. The van der Waals surface area contributed by atoms with Crippen molar-refractivity contribution in [2.45, 2.75) is 58.8 Å². The summed E-state index contributed by atoms with van der Waals surface area (Å²) in [4.78, 5) is 14.5. The lowest BCUT2D eigenvalue weighted by Crippen LogP contribution is -2.33. The molecule has 0 saturated carbocycles. The molecule has 3 nitrogen and oxygen atoms in total. The van der Waals surface area contributed by atoms with Crippen LogP contribution >= 0.6 is 0 Å². The van der Waals surface area contributed by atoms with Crippen LogP contribution in [-0.2, 0) is 4.79 Å². The van der Waals surface area contributed by atoms with E-state index in [0.29, 0.717) is 11.3 Å². The maximum Gasteiger partial charge on any atom is 0.222 e. The van der Waals surface area contributed by atoms with Gasteiger partial charge in [0, 0.05) is 19.5 Å². The van der Waals surface area contributed by atoms with E-state index < -0.39 is 0 Å². The molecular weight excluding hydrogens is 236 g/mol. The number of rotatable bonds is 5. The predicted molar refractivity (Wildman–Crippen MR) is 79.0 cm³/mol. The molecule has 0 bridgehead atoms. The van der Waals surface area contributed by atoms with Crippen LogP contribution in [0.2, 0.25) is 0 Å². The number of amides is 1. The third-order valence-corrected chi connectivity index (χ3v) is 5.52. The Morgan fingerprint density at radius 3 is 2.53 bits per heavy atom. The lowest BCUT2D eigenvalue weighted by molar-refractivity contribution is -0.131. The highest BCUT2D eigenvalue weighted by molar-refractivity contribution is 5.76. The number of carbonyl (C=O) groups excluding carboxylic acids is 1. The number of likely N-dealkylation sites (tertiary alicyclic amines) is 1. The van der Waals surface area contributed by atoms with Crippen molar-refractivity contribution in [1.29, 1.82) is 0 Å². The second-order valence-electron chi connectivity index (χ2n) is 6.50. The highest BCUT2D eigenvalue weighted by Gasteiger charge is 2.36. The molecule has 2 rings (SSSR count). The second-order valence-corrected chi connectivity index (χ2v) is 6.50. The molecule has 2 aliphatic rings. The van der Waals surface area contributed by atoms with Crippen molar-refractivity contribution < 1.29 is 4.79 Å². The molecule has 2 heterocycles. The largest absolute Gasteiger partial charge is 0.342 e.